The quantitative estimate of drug-likeness (QED) is 0.429. The maximum absolute atomic E-state index is 10.8. The molecule has 0 aliphatic heterocycles. The molecule has 2 rings (SSSR count). The Hall–Kier alpha value is -2.62. The van der Waals surface area contributed by atoms with E-state index in [-0.39, 0.29) is 11.7 Å². The molecule has 0 aliphatic carbocycles. The van der Waals surface area contributed by atoms with Gasteiger partial charge in [-0.1, -0.05) is 38.3 Å². The predicted octanol–water partition coefficient (Wildman–Crippen LogP) is 5.87. The number of carbonyl (C=O) groups is 1. The number of ether oxygens (including phenoxy) is 1. The number of aromatic carboxylic acids is 1. The van der Waals surface area contributed by atoms with Crippen LogP contribution in [0, 0.1) is 0 Å². The summed E-state index contributed by atoms with van der Waals surface area (Å²) in [5, 5.41) is 8.90. The molecule has 2 aromatic rings. The molecule has 0 aliphatic rings. The maximum Gasteiger partial charge on any atom is 0.335 e. The van der Waals surface area contributed by atoms with E-state index in [2.05, 4.69) is 18.8 Å². The molecule has 0 saturated carbocycles. The van der Waals surface area contributed by atoms with Crippen LogP contribution < -0.4 is 4.74 Å². The first-order chi connectivity index (χ1) is 12.6. The topological polar surface area (TPSA) is 58.9 Å². The molecule has 4 heteroatoms. The summed E-state index contributed by atoms with van der Waals surface area (Å²) in [5.41, 5.74) is 1.96. The first kappa shape index (κ1) is 19.7. The molecule has 0 heterocycles. The molecule has 0 bridgehead atoms. The molecule has 0 spiro atoms. The molecular formula is C22H27NO3. The van der Waals surface area contributed by atoms with E-state index >= 15 is 0 Å². The second-order valence-corrected chi connectivity index (χ2v) is 6.46. The third kappa shape index (κ3) is 6.71. The zero-order valence-electron chi connectivity index (χ0n) is 15.5. The van der Waals surface area contributed by atoms with Gasteiger partial charge < -0.3 is 9.84 Å². The van der Waals surface area contributed by atoms with Crippen LogP contribution in [0.4, 0.5) is 5.69 Å². The van der Waals surface area contributed by atoms with Crippen LogP contribution in [0.15, 0.2) is 53.5 Å². The van der Waals surface area contributed by atoms with Gasteiger partial charge in [-0.05, 0) is 61.7 Å². The number of hydrogen-bond donors (Lipinski definition) is 1. The summed E-state index contributed by atoms with van der Waals surface area (Å²) >= 11 is 0. The Bertz CT molecular complexity index is 705. The lowest BCUT2D eigenvalue weighted by Crippen LogP contribution is -2.11. The number of rotatable bonds is 10. The van der Waals surface area contributed by atoms with Crippen LogP contribution in [-0.2, 0) is 0 Å². The van der Waals surface area contributed by atoms with Crippen LogP contribution >= 0.6 is 0 Å². The Morgan fingerprint density at radius 1 is 1.08 bits per heavy atom. The Morgan fingerprint density at radius 2 is 1.77 bits per heavy atom. The number of benzene rings is 2. The third-order valence-electron chi connectivity index (χ3n) is 4.16. The molecule has 26 heavy (non-hydrogen) atoms. The fourth-order valence-electron chi connectivity index (χ4n) is 2.62. The van der Waals surface area contributed by atoms with Crippen molar-refractivity contribution in [3.63, 3.8) is 0 Å². The van der Waals surface area contributed by atoms with Gasteiger partial charge in [0.2, 0.25) is 0 Å². The predicted molar refractivity (Wildman–Crippen MR) is 106 cm³/mol. The van der Waals surface area contributed by atoms with Crippen molar-refractivity contribution in [3.8, 4) is 5.75 Å². The molecule has 0 saturated heterocycles. The van der Waals surface area contributed by atoms with Gasteiger partial charge in [-0.15, -0.1) is 0 Å². The number of carboxylic acid groups (broad SMARTS) is 1. The molecule has 0 fully saturated rings. The Morgan fingerprint density at radius 3 is 2.38 bits per heavy atom. The van der Waals surface area contributed by atoms with Crippen LogP contribution in [0.2, 0.25) is 0 Å². The van der Waals surface area contributed by atoms with E-state index in [9.17, 15) is 4.79 Å². The number of aliphatic imine (C=N–C) groups is 1. The van der Waals surface area contributed by atoms with Gasteiger partial charge in [-0.2, -0.15) is 0 Å². The van der Waals surface area contributed by atoms with Crippen LogP contribution in [0.25, 0.3) is 0 Å². The van der Waals surface area contributed by atoms with Gasteiger partial charge in [-0.25, -0.2) is 4.79 Å². The van der Waals surface area contributed by atoms with E-state index in [1.807, 2.05) is 24.3 Å². The van der Waals surface area contributed by atoms with E-state index in [0.29, 0.717) is 0 Å². The smallest absolute Gasteiger partial charge is 0.335 e. The van der Waals surface area contributed by atoms with Crippen molar-refractivity contribution < 1.29 is 14.6 Å². The van der Waals surface area contributed by atoms with E-state index < -0.39 is 5.97 Å². The highest BCUT2D eigenvalue weighted by Crippen LogP contribution is 2.20. The van der Waals surface area contributed by atoms with Crippen molar-refractivity contribution in [1.29, 1.82) is 0 Å². The lowest BCUT2D eigenvalue weighted by molar-refractivity contribution is 0.0697. The first-order valence-corrected chi connectivity index (χ1v) is 9.22. The zero-order chi connectivity index (χ0) is 18.8. The molecule has 138 valence electrons. The Balaban J connectivity index is 1.85. The van der Waals surface area contributed by atoms with Crippen LogP contribution in [0.1, 0.15) is 61.9 Å². The van der Waals surface area contributed by atoms with Crippen molar-refractivity contribution in [3.05, 3.63) is 59.7 Å². The van der Waals surface area contributed by atoms with E-state index in [1.54, 1.807) is 30.5 Å². The van der Waals surface area contributed by atoms with Gasteiger partial charge in [0.15, 0.2) is 0 Å². The van der Waals surface area contributed by atoms with Gasteiger partial charge in [0, 0.05) is 6.21 Å². The van der Waals surface area contributed by atoms with Crippen LogP contribution in [0.3, 0.4) is 0 Å². The minimum absolute atomic E-state index is 0.217. The average Bonchev–Trinajstić information content (AvgIpc) is 2.65. The van der Waals surface area contributed by atoms with Gasteiger partial charge in [-0.3, -0.25) is 4.99 Å². The number of hydrogen-bond acceptors (Lipinski definition) is 3. The van der Waals surface area contributed by atoms with Crippen molar-refractivity contribution >= 4 is 17.9 Å². The second kappa shape index (κ2) is 10.4. The fourth-order valence-corrected chi connectivity index (χ4v) is 2.62. The minimum atomic E-state index is -0.927. The molecule has 2 aromatic carbocycles. The highest BCUT2D eigenvalue weighted by molar-refractivity contribution is 5.89. The monoisotopic (exact) mass is 353 g/mol. The van der Waals surface area contributed by atoms with Crippen molar-refractivity contribution in [2.45, 2.75) is 52.1 Å². The second-order valence-electron chi connectivity index (χ2n) is 6.46. The number of unbranched alkanes of at least 4 members (excludes halogenated alkanes) is 3. The van der Waals surface area contributed by atoms with Gasteiger partial charge in [0.25, 0.3) is 0 Å². The molecule has 1 N–H and O–H groups in total. The van der Waals surface area contributed by atoms with Crippen molar-refractivity contribution in [2.24, 2.45) is 4.99 Å². The summed E-state index contributed by atoms with van der Waals surface area (Å²) in [4.78, 5) is 15.3. The summed E-state index contributed by atoms with van der Waals surface area (Å²) in [7, 11) is 0. The lowest BCUT2D eigenvalue weighted by atomic mass is 10.1. The lowest BCUT2D eigenvalue weighted by Gasteiger charge is -2.14. The first-order valence-electron chi connectivity index (χ1n) is 9.22. The summed E-state index contributed by atoms with van der Waals surface area (Å²) in [6, 6.07) is 14.3. The fraction of sp³-hybridized carbons (Fsp3) is 0.364. The van der Waals surface area contributed by atoms with E-state index in [4.69, 9.17) is 9.84 Å². The molecular weight excluding hydrogens is 326 g/mol. The maximum atomic E-state index is 10.8. The zero-order valence-corrected chi connectivity index (χ0v) is 15.5. The third-order valence-corrected chi connectivity index (χ3v) is 4.16. The van der Waals surface area contributed by atoms with E-state index in [1.165, 1.54) is 25.7 Å². The summed E-state index contributed by atoms with van der Waals surface area (Å²) in [6.45, 7) is 4.33. The molecule has 4 nitrogen and oxygen atoms in total. The molecule has 0 aromatic heterocycles. The highest BCUT2D eigenvalue weighted by Gasteiger charge is 2.04. The summed E-state index contributed by atoms with van der Waals surface area (Å²) in [6.07, 6.45) is 8.03. The standard InChI is InChI=1S/C22H27NO3/c1-3-4-5-6-7-17(2)26-21-14-12-20(13-15-21)23-16-18-8-10-19(11-9-18)22(24)25/h8-17H,3-7H2,1-2H3,(H,24,25). The van der Waals surface area contributed by atoms with Gasteiger partial charge >= 0.3 is 5.97 Å². The van der Waals surface area contributed by atoms with Gasteiger partial charge in [0.1, 0.15) is 5.75 Å². The Kier molecular flexibility index (Phi) is 7.87. The van der Waals surface area contributed by atoms with Crippen LogP contribution in [-0.4, -0.2) is 23.4 Å². The van der Waals surface area contributed by atoms with Gasteiger partial charge in [0.05, 0.1) is 17.4 Å². The van der Waals surface area contributed by atoms with Crippen molar-refractivity contribution in [1.82, 2.24) is 0 Å². The normalized spacial score (nSPS) is 12.2. The average molecular weight is 353 g/mol. The number of nitrogens with zero attached hydrogens (tertiary/aromatic N) is 1. The number of carboxylic acids is 1. The van der Waals surface area contributed by atoms with E-state index in [0.717, 1.165) is 23.4 Å². The molecule has 1 atom stereocenters. The van der Waals surface area contributed by atoms with Crippen LogP contribution in [0.5, 0.6) is 5.75 Å². The minimum Gasteiger partial charge on any atom is -0.491 e. The molecule has 0 amide bonds. The molecule has 0 radical (unpaired) electrons. The summed E-state index contributed by atoms with van der Waals surface area (Å²) in [5.74, 6) is -0.0681. The summed E-state index contributed by atoms with van der Waals surface area (Å²) < 4.78 is 5.94. The van der Waals surface area contributed by atoms with Crippen molar-refractivity contribution in [2.75, 3.05) is 0 Å². The SMILES string of the molecule is CCCCCCC(C)Oc1ccc(N=Cc2ccc(C(=O)O)cc2)cc1. The largest absolute Gasteiger partial charge is 0.491 e. The highest BCUT2D eigenvalue weighted by atomic mass is 16.5. The molecule has 1 unspecified atom stereocenters. The Labute approximate surface area is 155 Å².